The van der Waals surface area contributed by atoms with E-state index in [1.165, 1.54) is 0 Å². The first-order valence-electron chi connectivity index (χ1n) is 5.33. The minimum atomic E-state index is -1.59. The second-order valence-corrected chi connectivity index (χ2v) is 10.4. The van der Waals surface area contributed by atoms with E-state index >= 15 is 0 Å². The van der Waals surface area contributed by atoms with Crippen LogP contribution < -0.4 is 18.9 Å². The third-order valence-corrected chi connectivity index (χ3v) is 9.50. The van der Waals surface area contributed by atoms with Crippen molar-refractivity contribution in [1.82, 2.24) is 0 Å². The first-order chi connectivity index (χ1) is 6.39. The Labute approximate surface area is 109 Å². The molecular formula is C13H21LiSi. The molecule has 0 rings (SSSR count). The minimum Gasteiger partial charge on any atom is -0.358 e. The van der Waals surface area contributed by atoms with Crippen molar-refractivity contribution in [3.8, 4) is 17.4 Å². The van der Waals surface area contributed by atoms with Crippen molar-refractivity contribution in [3.05, 3.63) is 6.42 Å². The molecule has 0 nitrogen and oxygen atoms in total. The summed E-state index contributed by atoms with van der Waals surface area (Å²) in [5.41, 5.74) is 5.30. The molecule has 0 aliphatic carbocycles. The summed E-state index contributed by atoms with van der Waals surface area (Å²) in [6.45, 7) is 13.6. The van der Waals surface area contributed by atoms with Crippen molar-refractivity contribution in [3.63, 3.8) is 0 Å². The standard InChI is InChI=1S/C13H21Si.Li/c1-8-9-10-14(11(2)3,12(4)5)13(6)7;/h11-13H,2-7H3;/q-1;+1. The molecule has 0 fully saturated rings. The monoisotopic (exact) mass is 212 g/mol. The molecule has 2 heteroatoms. The van der Waals surface area contributed by atoms with Crippen LogP contribution in [0.15, 0.2) is 0 Å². The maximum atomic E-state index is 6.90. The largest absolute Gasteiger partial charge is 1.00 e. The molecule has 0 radical (unpaired) electrons. The molecule has 0 heterocycles. The van der Waals surface area contributed by atoms with Crippen molar-refractivity contribution < 1.29 is 18.9 Å². The summed E-state index contributed by atoms with van der Waals surface area (Å²) in [6, 6.07) is 0. The van der Waals surface area contributed by atoms with Gasteiger partial charge in [0.05, 0.1) is 0 Å². The van der Waals surface area contributed by atoms with Gasteiger partial charge in [-0.1, -0.05) is 41.5 Å². The molecule has 0 spiro atoms. The Hall–Kier alpha value is -0.0657. The molecule has 0 aromatic rings. The van der Waals surface area contributed by atoms with Gasteiger partial charge < -0.3 is 6.42 Å². The fourth-order valence-electron chi connectivity index (χ4n) is 2.57. The minimum absolute atomic E-state index is 0. The molecular weight excluding hydrogens is 191 g/mol. The van der Waals surface area contributed by atoms with Crippen LogP contribution in [0.25, 0.3) is 0 Å². The van der Waals surface area contributed by atoms with Gasteiger partial charge in [0.25, 0.3) is 0 Å². The molecule has 0 aromatic heterocycles. The summed E-state index contributed by atoms with van der Waals surface area (Å²) in [5.74, 6) is 4.97. The van der Waals surface area contributed by atoms with Gasteiger partial charge in [-0.2, -0.15) is 0 Å². The quantitative estimate of drug-likeness (QED) is 0.369. The Bertz CT molecular complexity index is 251. The van der Waals surface area contributed by atoms with Gasteiger partial charge in [-0.05, 0) is 16.6 Å². The molecule has 0 N–H and O–H groups in total. The molecule has 78 valence electrons. The predicted octanol–water partition coefficient (Wildman–Crippen LogP) is 0.802. The first kappa shape index (κ1) is 17.3. The summed E-state index contributed by atoms with van der Waals surface area (Å²) in [5, 5.41) is 0. The van der Waals surface area contributed by atoms with Crippen LogP contribution in [0.2, 0.25) is 16.6 Å². The van der Waals surface area contributed by atoms with Crippen LogP contribution >= 0.6 is 0 Å². The Morgan fingerprint density at radius 2 is 1.20 bits per heavy atom. The molecule has 0 atom stereocenters. The molecule has 15 heavy (non-hydrogen) atoms. The van der Waals surface area contributed by atoms with Crippen LogP contribution in [-0.4, -0.2) is 8.07 Å². The zero-order valence-electron chi connectivity index (χ0n) is 11.2. The van der Waals surface area contributed by atoms with E-state index in [1.54, 1.807) is 0 Å². The van der Waals surface area contributed by atoms with Crippen molar-refractivity contribution in [2.75, 3.05) is 0 Å². The maximum Gasteiger partial charge on any atom is 1.00 e. The topological polar surface area (TPSA) is 0 Å². The van der Waals surface area contributed by atoms with Crippen LogP contribution in [0.1, 0.15) is 41.5 Å². The molecule has 0 saturated carbocycles. The van der Waals surface area contributed by atoms with Gasteiger partial charge in [0, 0.05) is 0 Å². The molecule has 0 aliphatic heterocycles. The predicted molar refractivity (Wildman–Crippen MR) is 66.0 cm³/mol. The molecule has 0 saturated heterocycles. The SMILES string of the molecule is [C-]#CC#C[Si](C(C)C)(C(C)C)C(C)C.[Li+]. The van der Waals surface area contributed by atoms with Crippen LogP contribution in [0.3, 0.4) is 0 Å². The van der Waals surface area contributed by atoms with Crippen molar-refractivity contribution in [2.24, 2.45) is 0 Å². The Kier molecular flexibility index (Phi) is 8.37. The van der Waals surface area contributed by atoms with Gasteiger partial charge in [-0.25, -0.2) is 5.54 Å². The van der Waals surface area contributed by atoms with Gasteiger partial charge in [0.2, 0.25) is 0 Å². The molecule has 0 amide bonds. The van der Waals surface area contributed by atoms with E-state index in [4.69, 9.17) is 6.42 Å². The van der Waals surface area contributed by atoms with Crippen LogP contribution in [0, 0.1) is 23.8 Å². The normalized spacial score (nSPS) is 10.7. The first-order valence-corrected chi connectivity index (χ1v) is 7.56. The molecule has 0 bridgehead atoms. The fraction of sp³-hybridized carbons (Fsp3) is 0.692. The molecule has 0 aliphatic rings. The Morgan fingerprint density at radius 3 is 1.40 bits per heavy atom. The van der Waals surface area contributed by atoms with Crippen molar-refractivity contribution in [1.29, 1.82) is 0 Å². The average Bonchev–Trinajstić information content (AvgIpc) is 2.03. The summed E-state index contributed by atoms with van der Waals surface area (Å²) >= 11 is 0. The third-order valence-electron chi connectivity index (χ3n) is 3.21. The van der Waals surface area contributed by atoms with Gasteiger partial charge >= 0.3 is 18.9 Å². The van der Waals surface area contributed by atoms with E-state index in [9.17, 15) is 0 Å². The molecule has 0 unspecified atom stereocenters. The van der Waals surface area contributed by atoms with E-state index in [1.807, 2.05) is 0 Å². The number of rotatable bonds is 3. The third kappa shape index (κ3) is 3.77. The van der Waals surface area contributed by atoms with E-state index in [0.29, 0.717) is 16.6 Å². The average molecular weight is 212 g/mol. The fourth-order valence-corrected chi connectivity index (χ4v) is 7.72. The van der Waals surface area contributed by atoms with Crippen molar-refractivity contribution >= 4 is 8.07 Å². The number of hydrogen-bond donors (Lipinski definition) is 0. The molecule has 0 aromatic carbocycles. The van der Waals surface area contributed by atoms with E-state index in [0.717, 1.165) is 0 Å². The number of hydrogen-bond acceptors (Lipinski definition) is 0. The van der Waals surface area contributed by atoms with Crippen LogP contribution in [0.5, 0.6) is 0 Å². The summed E-state index contributed by atoms with van der Waals surface area (Å²) in [6.07, 6.45) is 6.90. The zero-order valence-corrected chi connectivity index (χ0v) is 12.2. The summed E-state index contributed by atoms with van der Waals surface area (Å²) < 4.78 is 0. The second-order valence-electron chi connectivity index (χ2n) is 4.77. The second kappa shape index (κ2) is 7.25. The van der Waals surface area contributed by atoms with E-state index in [2.05, 4.69) is 58.9 Å². The van der Waals surface area contributed by atoms with Crippen molar-refractivity contribution in [2.45, 2.75) is 58.2 Å². The summed E-state index contributed by atoms with van der Waals surface area (Å²) in [4.78, 5) is 0. The van der Waals surface area contributed by atoms with Gasteiger partial charge in [0.15, 0.2) is 0 Å². The maximum absolute atomic E-state index is 6.90. The van der Waals surface area contributed by atoms with Gasteiger partial charge in [-0.15, -0.1) is 0 Å². The Morgan fingerprint density at radius 1 is 0.867 bits per heavy atom. The smallest absolute Gasteiger partial charge is 0.358 e. The van der Waals surface area contributed by atoms with E-state index < -0.39 is 8.07 Å². The van der Waals surface area contributed by atoms with Crippen LogP contribution in [-0.2, 0) is 0 Å². The van der Waals surface area contributed by atoms with E-state index in [-0.39, 0.29) is 18.9 Å². The van der Waals surface area contributed by atoms with Gasteiger partial charge in [0.1, 0.15) is 8.07 Å². The zero-order chi connectivity index (χ0) is 11.4. The van der Waals surface area contributed by atoms with Crippen LogP contribution in [0.4, 0.5) is 0 Å². The van der Waals surface area contributed by atoms with Gasteiger partial charge in [-0.3, -0.25) is 11.8 Å². The summed E-state index contributed by atoms with van der Waals surface area (Å²) in [7, 11) is -1.59. The Balaban J connectivity index is 0.